The fourth-order valence-electron chi connectivity index (χ4n) is 1.54. The highest BCUT2D eigenvalue weighted by Crippen LogP contribution is 2.12. The van der Waals surface area contributed by atoms with Gasteiger partial charge in [-0.25, -0.2) is 4.79 Å². The van der Waals surface area contributed by atoms with Gasteiger partial charge in [0.25, 0.3) is 5.56 Å². The summed E-state index contributed by atoms with van der Waals surface area (Å²) in [6, 6.07) is 1.31. The van der Waals surface area contributed by atoms with Crippen molar-refractivity contribution in [2.75, 3.05) is 0 Å². The standard InChI is InChI=1S/C11H18N2O3/c1-4-9(5-2)16-8(3)13-7-6-10(14)12-11(13)15/h6-9H,4-5H2,1-3H3,(H,12,14,15). The number of hydrogen-bond acceptors (Lipinski definition) is 3. The molecule has 0 aromatic carbocycles. The number of aromatic amines is 1. The molecule has 0 amide bonds. The summed E-state index contributed by atoms with van der Waals surface area (Å²) in [6.07, 6.45) is 3.02. The van der Waals surface area contributed by atoms with Gasteiger partial charge in [0, 0.05) is 12.3 Å². The van der Waals surface area contributed by atoms with Crippen LogP contribution in [0.3, 0.4) is 0 Å². The predicted octanol–water partition coefficient (Wildman–Crippen LogP) is 1.26. The Morgan fingerprint density at radius 2 is 2.00 bits per heavy atom. The second kappa shape index (κ2) is 5.65. The SMILES string of the molecule is CCC(CC)OC(C)n1ccc(=O)[nH]c1=O. The maximum atomic E-state index is 11.5. The lowest BCUT2D eigenvalue weighted by Gasteiger charge is -2.21. The van der Waals surface area contributed by atoms with Crippen molar-refractivity contribution in [3.63, 3.8) is 0 Å². The maximum Gasteiger partial charge on any atom is 0.330 e. The van der Waals surface area contributed by atoms with E-state index < -0.39 is 11.2 Å². The predicted molar refractivity (Wildman–Crippen MR) is 61.5 cm³/mol. The minimum absolute atomic E-state index is 0.133. The van der Waals surface area contributed by atoms with E-state index in [0.717, 1.165) is 12.8 Å². The number of nitrogens with zero attached hydrogens (tertiary/aromatic N) is 1. The number of hydrogen-bond donors (Lipinski definition) is 1. The molecule has 1 rings (SSSR count). The molecule has 0 spiro atoms. The Bertz CT molecular complexity index is 431. The summed E-state index contributed by atoms with van der Waals surface area (Å²) in [4.78, 5) is 24.6. The molecule has 0 fully saturated rings. The second-order valence-electron chi connectivity index (χ2n) is 3.69. The van der Waals surface area contributed by atoms with Crippen molar-refractivity contribution >= 4 is 0 Å². The van der Waals surface area contributed by atoms with Crippen LogP contribution in [0.5, 0.6) is 0 Å². The number of H-pyrrole nitrogens is 1. The van der Waals surface area contributed by atoms with Crippen molar-refractivity contribution in [1.82, 2.24) is 9.55 Å². The first-order valence-corrected chi connectivity index (χ1v) is 5.55. The molecule has 0 aliphatic carbocycles. The highest BCUT2D eigenvalue weighted by Gasteiger charge is 2.12. The van der Waals surface area contributed by atoms with Crippen molar-refractivity contribution in [3.05, 3.63) is 33.1 Å². The average Bonchev–Trinajstić information content (AvgIpc) is 2.25. The number of rotatable bonds is 5. The molecule has 0 saturated heterocycles. The van der Waals surface area contributed by atoms with Crippen LogP contribution in [0.25, 0.3) is 0 Å². The monoisotopic (exact) mass is 226 g/mol. The zero-order valence-electron chi connectivity index (χ0n) is 9.90. The van der Waals surface area contributed by atoms with Gasteiger partial charge < -0.3 is 4.74 Å². The molecule has 1 aromatic heterocycles. The summed E-state index contributed by atoms with van der Waals surface area (Å²) in [6.45, 7) is 5.87. The van der Waals surface area contributed by atoms with Crippen LogP contribution in [-0.2, 0) is 4.74 Å². The second-order valence-corrected chi connectivity index (χ2v) is 3.69. The molecular formula is C11H18N2O3. The van der Waals surface area contributed by atoms with Gasteiger partial charge in [-0.15, -0.1) is 0 Å². The Morgan fingerprint density at radius 1 is 1.38 bits per heavy atom. The van der Waals surface area contributed by atoms with Crippen molar-refractivity contribution in [1.29, 1.82) is 0 Å². The molecule has 1 N–H and O–H groups in total. The summed E-state index contributed by atoms with van der Waals surface area (Å²) in [7, 11) is 0. The van der Waals surface area contributed by atoms with Crippen LogP contribution in [-0.4, -0.2) is 15.7 Å². The van der Waals surface area contributed by atoms with Crippen LogP contribution < -0.4 is 11.2 Å². The van der Waals surface area contributed by atoms with Crippen LogP contribution in [0.2, 0.25) is 0 Å². The third-order valence-electron chi connectivity index (χ3n) is 2.54. The van der Waals surface area contributed by atoms with E-state index in [4.69, 9.17) is 4.74 Å². The van der Waals surface area contributed by atoms with Gasteiger partial charge in [0.2, 0.25) is 0 Å². The minimum atomic E-state index is -0.439. The van der Waals surface area contributed by atoms with E-state index in [0.29, 0.717) is 0 Å². The Hall–Kier alpha value is -1.36. The first kappa shape index (κ1) is 12.7. The summed E-state index contributed by atoms with van der Waals surface area (Å²) in [5.74, 6) is 0. The fourth-order valence-corrected chi connectivity index (χ4v) is 1.54. The van der Waals surface area contributed by atoms with Crippen LogP contribution in [0.4, 0.5) is 0 Å². The molecule has 0 radical (unpaired) electrons. The quantitative estimate of drug-likeness (QED) is 0.822. The van der Waals surface area contributed by atoms with Crippen LogP contribution in [0.1, 0.15) is 39.8 Å². The molecule has 1 aromatic rings. The van der Waals surface area contributed by atoms with Gasteiger partial charge in [-0.2, -0.15) is 0 Å². The van der Waals surface area contributed by atoms with E-state index in [-0.39, 0.29) is 12.3 Å². The lowest BCUT2D eigenvalue weighted by Crippen LogP contribution is -2.32. The van der Waals surface area contributed by atoms with Gasteiger partial charge in [-0.3, -0.25) is 14.3 Å². The summed E-state index contributed by atoms with van der Waals surface area (Å²) in [5.41, 5.74) is -0.832. The van der Waals surface area contributed by atoms with Crippen molar-refractivity contribution < 1.29 is 4.74 Å². The van der Waals surface area contributed by atoms with E-state index in [1.807, 2.05) is 13.8 Å². The highest BCUT2D eigenvalue weighted by molar-refractivity contribution is 4.83. The van der Waals surface area contributed by atoms with Gasteiger partial charge >= 0.3 is 5.69 Å². The molecule has 1 atom stereocenters. The van der Waals surface area contributed by atoms with Gasteiger partial charge in [0.1, 0.15) is 6.23 Å². The van der Waals surface area contributed by atoms with Crippen molar-refractivity contribution in [2.45, 2.75) is 45.9 Å². The molecule has 0 aliphatic rings. The van der Waals surface area contributed by atoms with E-state index in [9.17, 15) is 9.59 Å². The van der Waals surface area contributed by atoms with E-state index in [2.05, 4.69) is 4.98 Å². The van der Waals surface area contributed by atoms with Crippen LogP contribution >= 0.6 is 0 Å². The summed E-state index contributed by atoms with van der Waals surface area (Å²) < 4.78 is 7.07. The number of aromatic nitrogens is 2. The molecule has 5 heteroatoms. The third kappa shape index (κ3) is 3.06. The molecule has 1 heterocycles. The molecule has 5 nitrogen and oxygen atoms in total. The average molecular weight is 226 g/mol. The zero-order valence-corrected chi connectivity index (χ0v) is 9.90. The Balaban J connectivity index is 2.84. The lowest BCUT2D eigenvalue weighted by atomic mass is 10.2. The number of ether oxygens (including phenoxy) is 1. The van der Waals surface area contributed by atoms with Crippen LogP contribution in [0, 0.1) is 0 Å². The summed E-state index contributed by atoms with van der Waals surface area (Å²) in [5, 5.41) is 0. The van der Waals surface area contributed by atoms with E-state index >= 15 is 0 Å². The summed E-state index contributed by atoms with van der Waals surface area (Å²) >= 11 is 0. The molecule has 16 heavy (non-hydrogen) atoms. The zero-order chi connectivity index (χ0) is 12.1. The Labute approximate surface area is 94.1 Å². The normalized spacial score (nSPS) is 13.0. The molecule has 0 saturated carbocycles. The van der Waals surface area contributed by atoms with Gasteiger partial charge in [0.05, 0.1) is 6.10 Å². The van der Waals surface area contributed by atoms with E-state index in [1.165, 1.54) is 16.8 Å². The molecular weight excluding hydrogens is 208 g/mol. The minimum Gasteiger partial charge on any atom is -0.355 e. The first-order valence-electron chi connectivity index (χ1n) is 5.55. The highest BCUT2D eigenvalue weighted by atomic mass is 16.5. The number of nitrogens with one attached hydrogen (secondary N) is 1. The molecule has 0 aliphatic heterocycles. The Morgan fingerprint density at radius 3 is 2.50 bits per heavy atom. The largest absolute Gasteiger partial charge is 0.355 e. The first-order chi connectivity index (χ1) is 7.58. The fraction of sp³-hybridized carbons (Fsp3) is 0.636. The third-order valence-corrected chi connectivity index (χ3v) is 2.54. The van der Waals surface area contributed by atoms with E-state index in [1.54, 1.807) is 6.92 Å². The van der Waals surface area contributed by atoms with Gasteiger partial charge in [-0.05, 0) is 19.8 Å². The lowest BCUT2D eigenvalue weighted by molar-refractivity contribution is -0.0481. The van der Waals surface area contributed by atoms with Crippen molar-refractivity contribution in [2.24, 2.45) is 0 Å². The topological polar surface area (TPSA) is 64.1 Å². The molecule has 0 bridgehead atoms. The van der Waals surface area contributed by atoms with Gasteiger partial charge in [-0.1, -0.05) is 13.8 Å². The van der Waals surface area contributed by atoms with Gasteiger partial charge in [0.15, 0.2) is 0 Å². The smallest absolute Gasteiger partial charge is 0.330 e. The Kier molecular flexibility index (Phi) is 4.49. The maximum absolute atomic E-state index is 11.5. The molecule has 90 valence electrons. The van der Waals surface area contributed by atoms with Crippen LogP contribution in [0.15, 0.2) is 21.9 Å². The van der Waals surface area contributed by atoms with Crippen molar-refractivity contribution in [3.8, 4) is 0 Å². The molecule has 1 unspecified atom stereocenters.